The quantitative estimate of drug-likeness (QED) is 0.397. The Morgan fingerprint density at radius 2 is 1.70 bits per heavy atom. The summed E-state index contributed by atoms with van der Waals surface area (Å²) in [5.41, 5.74) is 6.00. The molecule has 0 saturated carbocycles. The first kappa shape index (κ1) is 20.9. The fraction of sp³-hybridized carbons (Fsp3) is 0.400. The average Bonchev–Trinajstić information content (AvgIpc) is 3.11. The van der Waals surface area contributed by atoms with Crippen LogP contribution in [0.4, 0.5) is 0 Å². The van der Waals surface area contributed by atoms with Gasteiger partial charge in [-0.25, -0.2) is 0 Å². The zero-order chi connectivity index (χ0) is 21.3. The predicted octanol–water partition coefficient (Wildman–Crippen LogP) is 5.63. The molecule has 3 aromatic rings. The SMILES string of the molecule is Cn1c(SCC(=O)c2ccc3c(c2)CCCC3)nnc1-c1ccc(C(C)(C)C)cc1. The fourth-order valence-corrected chi connectivity index (χ4v) is 4.74. The van der Waals surface area contributed by atoms with Gasteiger partial charge in [0, 0.05) is 18.2 Å². The second-order valence-electron chi connectivity index (χ2n) is 9.09. The van der Waals surface area contributed by atoms with E-state index in [1.807, 2.05) is 17.7 Å². The normalized spacial score (nSPS) is 13.9. The van der Waals surface area contributed by atoms with Crippen LogP contribution in [0.2, 0.25) is 0 Å². The Kier molecular flexibility index (Phi) is 5.83. The van der Waals surface area contributed by atoms with Gasteiger partial charge in [-0.05, 0) is 53.9 Å². The molecule has 1 aliphatic rings. The highest BCUT2D eigenvalue weighted by atomic mass is 32.2. The maximum atomic E-state index is 12.7. The van der Waals surface area contributed by atoms with Gasteiger partial charge in [0.25, 0.3) is 0 Å². The summed E-state index contributed by atoms with van der Waals surface area (Å²) in [6.07, 6.45) is 4.70. The molecule has 5 heteroatoms. The summed E-state index contributed by atoms with van der Waals surface area (Å²) in [4.78, 5) is 12.7. The number of Topliss-reactive ketones (excluding diaryl/α,β-unsaturated/α-hetero) is 1. The lowest BCUT2D eigenvalue weighted by Crippen LogP contribution is -2.10. The number of aromatic nitrogens is 3. The van der Waals surface area contributed by atoms with Gasteiger partial charge >= 0.3 is 0 Å². The van der Waals surface area contributed by atoms with E-state index in [-0.39, 0.29) is 11.2 Å². The van der Waals surface area contributed by atoms with Crippen molar-refractivity contribution in [3.8, 4) is 11.4 Å². The van der Waals surface area contributed by atoms with E-state index in [4.69, 9.17) is 0 Å². The Morgan fingerprint density at radius 1 is 1.00 bits per heavy atom. The molecule has 1 aromatic heterocycles. The lowest BCUT2D eigenvalue weighted by molar-refractivity contribution is 0.102. The summed E-state index contributed by atoms with van der Waals surface area (Å²) < 4.78 is 1.97. The fourth-order valence-electron chi connectivity index (χ4n) is 3.93. The Bertz CT molecular complexity index is 1060. The van der Waals surface area contributed by atoms with Gasteiger partial charge in [0.1, 0.15) is 0 Å². The molecule has 2 aromatic carbocycles. The Hall–Kier alpha value is -2.40. The maximum Gasteiger partial charge on any atom is 0.191 e. The topological polar surface area (TPSA) is 47.8 Å². The highest BCUT2D eigenvalue weighted by Gasteiger charge is 2.17. The molecule has 0 saturated heterocycles. The van der Waals surface area contributed by atoms with E-state index in [0.29, 0.717) is 5.75 Å². The van der Waals surface area contributed by atoms with Crippen LogP contribution in [0, 0.1) is 0 Å². The van der Waals surface area contributed by atoms with Crippen molar-refractivity contribution >= 4 is 17.5 Å². The molecule has 4 nitrogen and oxygen atoms in total. The number of nitrogens with zero attached hydrogens (tertiary/aromatic N) is 3. The monoisotopic (exact) mass is 419 g/mol. The number of hydrogen-bond donors (Lipinski definition) is 0. The first-order chi connectivity index (χ1) is 14.3. The summed E-state index contributed by atoms with van der Waals surface area (Å²) >= 11 is 1.45. The van der Waals surface area contributed by atoms with E-state index in [0.717, 1.165) is 34.9 Å². The van der Waals surface area contributed by atoms with Crippen molar-refractivity contribution in [3.05, 3.63) is 64.7 Å². The molecule has 0 fully saturated rings. The van der Waals surface area contributed by atoms with Gasteiger partial charge in [-0.15, -0.1) is 10.2 Å². The van der Waals surface area contributed by atoms with Gasteiger partial charge in [0.05, 0.1) is 5.75 Å². The van der Waals surface area contributed by atoms with Gasteiger partial charge in [-0.1, -0.05) is 68.9 Å². The zero-order valence-corrected chi connectivity index (χ0v) is 19.1. The highest BCUT2D eigenvalue weighted by molar-refractivity contribution is 7.99. The van der Waals surface area contributed by atoms with Crippen LogP contribution in [-0.2, 0) is 25.3 Å². The summed E-state index contributed by atoms with van der Waals surface area (Å²) in [7, 11) is 1.96. The highest BCUT2D eigenvalue weighted by Crippen LogP contribution is 2.28. The number of ketones is 1. The molecule has 4 rings (SSSR count). The molecular formula is C25H29N3OS. The average molecular weight is 420 g/mol. The van der Waals surface area contributed by atoms with Crippen molar-refractivity contribution in [1.29, 1.82) is 0 Å². The number of thioether (sulfide) groups is 1. The van der Waals surface area contributed by atoms with Crippen LogP contribution >= 0.6 is 11.8 Å². The molecule has 0 unspecified atom stereocenters. The molecule has 30 heavy (non-hydrogen) atoms. The largest absolute Gasteiger partial charge is 0.305 e. The minimum atomic E-state index is 0.122. The van der Waals surface area contributed by atoms with Gasteiger partial charge in [-0.2, -0.15) is 0 Å². The minimum Gasteiger partial charge on any atom is -0.305 e. The van der Waals surface area contributed by atoms with E-state index in [9.17, 15) is 4.79 Å². The summed E-state index contributed by atoms with van der Waals surface area (Å²) in [5, 5.41) is 9.45. The van der Waals surface area contributed by atoms with Crippen LogP contribution in [0.1, 0.15) is 60.7 Å². The van der Waals surface area contributed by atoms with E-state index < -0.39 is 0 Å². The number of hydrogen-bond acceptors (Lipinski definition) is 4. The molecule has 0 amide bonds. The Labute approximate surface area is 183 Å². The number of rotatable bonds is 5. The molecule has 1 heterocycles. The van der Waals surface area contributed by atoms with Gasteiger partial charge in [0.15, 0.2) is 16.8 Å². The van der Waals surface area contributed by atoms with Crippen LogP contribution in [-0.4, -0.2) is 26.3 Å². The van der Waals surface area contributed by atoms with Crippen molar-refractivity contribution in [3.63, 3.8) is 0 Å². The maximum absolute atomic E-state index is 12.7. The molecule has 0 N–H and O–H groups in total. The van der Waals surface area contributed by atoms with E-state index in [2.05, 4.69) is 67.4 Å². The molecule has 0 bridgehead atoms. The summed E-state index contributed by atoms with van der Waals surface area (Å²) in [5.74, 6) is 1.33. The van der Waals surface area contributed by atoms with E-state index >= 15 is 0 Å². The predicted molar refractivity (Wildman–Crippen MR) is 123 cm³/mol. The standard InChI is InChI=1S/C25H29N3OS/c1-25(2,3)21-13-11-18(12-14-21)23-26-27-24(28(23)4)30-16-22(29)20-10-9-17-7-5-6-8-19(17)15-20/h9-15H,5-8,16H2,1-4H3. The van der Waals surface area contributed by atoms with Crippen molar-refractivity contribution < 1.29 is 4.79 Å². The first-order valence-corrected chi connectivity index (χ1v) is 11.6. The second kappa shape index (κ2) is 8.38. The van der Waals surface area contributed by atoms with Crippen molar-refractivity contribution in [2.75, 3.05) is 5.75 Å². The van der Waals surface area contributed by atoms with E-state index in [1.54, 1.807) is 0 Å². The third-order valence-corrected chi connectivity index (χ3v) is 6.87. The number of benzene rings is 2. The molecule has 0 aliphatic heterocycles. The molecule has 0 spiro atoms. The lowest BCUT2D eigenvalue weighted by Gasteiger charge is -2.19. The number of aryl methyl sites for hydroxylation is 2. The van der Waals surface area contributed by atoms with Crippen molar-refractivity contribution in [2.24, 2.45) is 7.05 Å². The Morgan fingerprint density at radius 3 is 2.40 bits per heavy atom. The second-order valence-corrected chi connectivity index (χ2v) is 10.0. The van der Waals surface area contributed by atoms with Crippen LogP contribution in [0.3, 0.4) is 0 Å². The summed E-state index contributed by atoms with van der Waals surface area (Å²) in [6.45, 7) is 6.62. The number of fused-ring (bicyclic) bond motifs is 1. The Balaban J connectivity index is 1.45. The van der Waals surface area contributed by atoms with Crippen molar-refractivity contribution in [2.45, 2.75) is 57.0 Å². The van der Waals surface area contributed by atoms with Crippen LogP contribution in [0.5, 0.6) is 0 Å². The van der Waals surface area contributed by atoms with E-state index in [1.165, 1.54) is 41.3 Å². The molecule has 0 radical (unpaired) electrons. The number of carbonyl (C=O) groups is 1. The van der Waals surface area contributed by atoms with Crippen LogP contribution in [0.15, 0.2) is 47.6 Å². The van der Waals surface area contributed by atoms with Gasteiger partial charge in [-0.3, -0.25) is 4.79 Å². The van der Waals surface area contributed by atoms with Gasteiger partial charge < -0.3 is 4.57 Å². The lowest BCUT2D eigenvalue weighted by atomic mass is 9.87. The minimum absolute atomic E-state index is 0.122. The molecule has 0 atom stereocenters. The van der Waals surface area contributed by atoms with Crippen LogP contribution < -0.4 is 0 Å². The molecular weight excluding hydrogens is 390 g/mol. The van der Waals surface area contributed by atoms with Crippen LogP contribution in [0.25, 0.3) is 11.4 Å². The smallest absolute Gasteiger partial charge is 0.191 e. The third-order valence-electron chi connectivity index (χ3n) is 5.85. The molecule has 156 valence electrons. The zero-order valence-electron chi connectivity index (χ0n) is 18.2. The number of carbonyl (C=O) groups excluding carboxylic acids is 1. The molecule has 1 aliphatic carbocycles. The first-order valence-electron chi connectivity index (χ1n) is 10.6. The summed E-state index contributed by atoms with van der Waals surface area (Å²) in [6, 6.07) is 14.7. The third kappa shape index (κ3) is 4.36. The van der Waals surface area contributed by atoms with Crippen molar-refractivity contribution in [1.82, 2.24) is 14.8 Å². The van der Waals surface area contributed by atoms with Gasteiger partial charge in [0.2, 0.25) is 0 Å².